The molecule has 1 saturated heterocycles. The molecule has 0 bridgehead atoms. The second-order valence-corrected chi connectivity index (χ2v) is 10.0. The van der Waals surface area contributed by atoms with Crippen LogP contribution in [0.5, 0.6) is 5.75 Å². The Morgan fingerprint density at radius 3 is 2.41 bits per heavy atom. The zero-order valence-corrected chi connectivity index (χ0v) is 20.6. The third kappa shape index (κ3) is 5.68. The van der Waals surface area contributed by atoms with Gasteiger partial charge in [0.1, 0.15) is 12.4 Å². The molecule has 1 aliphatic heterocycles. The van der Waals surface area contributed by atoms with Gasteiger partial charge in [-0.05, 0) is 55.0 Å². The molecule has 0 amide bonds. The summed E-state index contributed by atoms with van der Waals surface area (Å²) in [6.45, 7) is 8.61. The topological polar surface area (TPSA) is 75.6 Å². The molecule has 2 aromatic heterocycles. The van der Waals surface area contributed by atoms with E-state index in [2.05, 4.69) is 28.7 Å². The average Bonchev–Trinajstić information content (AvgIpc) is 2.80. The predicted molar refractivity (Wildman–Crippen MR) is 135 cm³/mol. The van der Waals surface area contributed by atoms with E-state index in [1.165, 1.54) is 0 Å². The number of carboxylic acid groups (broad SMARTS) is 1. The Morgan fingerprint density at radius 1 is 1.09 bits per heavy atom. The Labute approximate surface area is 205 Å². The minimum absolute atomic E-state index is 0.0653. The van der Waals surface area contributed by atoms with Crippen molar-refractivity contribution in [1.29, 1.82) is 0 Å². The van der Waals surface area contributed by atoms with E-state index in [1.54, 1.807) is 6.20 Å². The van der Waals surface area contributed by atoms with Crippen LogP contribution in [0.2, 0.25) is 5.02 Å². The number of carbonyl (C=O) groups is 1. The number of benzene rings is 1. The number of rotatable bonds is 7. The van der Waals surface area contributed by atoms with Crippen molar-refractivity contribution in [3.8, 4) is 17.0 Å². The summed E-state index contributed by atoms with van der Waals surface area (Å²) in [5, 5.41) is 10.3. The number of hydrogen-bond donors (Lipinski definition) is 1. The van der Waals surface area contributed by atoms with E-state index in [0.29, 0.717) is 17.4 Å². The van der Waals surface area contributed by atoms with Gasteiger partial charge in [-0.15, -0.1) is 0 Å². The van der Waals surface area contributed by atoms with E-state index >= 15 is 0 Å². The number of piperidine rings is 1. The van der Waals surface area contributed by atoms with Crippen LogP contribution in [0.1, 0.15) is 43.5 Å². The van der Waals surface area contributed by atoms with E-state index in [4.69, 9.17) is 16.3 Å². The number of aromatic nitrogens is 2. The fraction of sp³-hybridized carbons (Fsp3) is 0.370. The Hall–Kier alpha value is -3.12. The molecule has 0 radical (unpaired) electrons. The van der Waals surface area contributed by atoms with Crippen LogP contribution in [0.3, 0.4) is 0 Å². The number of pyridine rings is 2. The van der Waals surface area contributed by atoms with Gasteiger partial charge in [0.05, 0.1) is 24.0 Å². The summed E-state index contributed by atoms with van der Waals surface area (Å²) in [4.78, 5) is 23.2. The number of aliphatic carboxylic acids is 1. The fourth-order valence-electron chi connectivity index (χ4n) is 4.25. The average molecular weight is 480 g/mol. The molecule has 6 nitrogen and oxygen atoms in total. The molecule has 1 fully saturated rings. The van der Waals surface area contributed by atoms with Crippen molar-refractivity contribution in [2.75, 3.05) is 18.0 Å². The summed E-state index contributed by atoms with van der Waals surface area (Å²) >= 11 is 5.94. The van der Waals surface area contributed by atoms with Crippen LogP contribution in [0.4, 0.5) is 5.69 Å². The van der Waals surface area contributed by atoms with Gasteiger partial charge in [0.2, 0.25) is 0 Å². The van der Waals surface area contributed by atoms with Gasteiger partial charge in [0.15, 0.2) is 0 Å². The van der Waals surface area contributed by atoms with E-state index in [9.17, 15) is 9.90 Å². The summed E-state index contributed by atoms with van der Waals surface area (Å²) in [5.41, 5.74) is 5.34. The van der Waals surface area contributed by atoms with Gasteiger partial charge in [-0.3, -0.25) is 14.8 Å². The van der Waals surface area contributed by atoms with Crippen LogP contribution in [-0.2, 0) is 17.8 Å². The first-order valence-electron chi connectivity index (χ1n) is 11.5. The zero-order valence-electron chi connectivity index (χ0n) is 19.8. The van der Waals surface area contributed by atoms with Crippen LogP contribution in [0.15, 0.2) is 48.8 Å². The number of carboxylic acids is 1. The molecule has 0 saturated carbocycles. The van der Waals surface area contributed by atoms with Crippen molar-refractivity contribution in [2.24, 2.45) is 5.41 Å². The highest BCUT2D eigenvalue weighted by atomic mass is 35.5. The number of hydrogen-bond acceptors (Lipinski definition) is 5. The van der Waals surface area contributed by atoms with Crippen LogP contribution in [0.25, 0.3) is 11.3 Å². The second-order valence-electron chi connectivity index (χ2n) is 9.60. The second kappa shape index (κ2) is 10.0. The quantitative estimate of drug-likeness (QED) is 0.452. The first-order valence-corrected chi connectivity index (χ1v) is 11.9. The molecule has 0 aliphatic carbocycles. The third-order valence-corrected chi connectivity index (χ3v) is 6.71. The number of nitrogens with zero attached hydrogens (tertiary/aromatic N) is 3. The summed E-state index contributed by atoms with van der Waals surface area (Å²) < 4.78 is 5.88. The molecule has 34 heavy (non-hydrogen) atoms. The van der Waals surface area contributed by atoms with Crippen molar-refractivity contribution in [3.05, 3.63) is 70.6 Å². The van der Waals surface area contributed by atoms with Gasteiger partial charge in [-0.2, -0.15) is 0 Å². The first kappa shape index (κ1) is 24.0. The standard InChI is InChI=1S/C27H30ClN3O3/c1-18-22(14-25(32)33)26(31-12-10-27(2,3)11-13-31)23(16-29-18)24-9-8-21(15-30-24)34-17-19-4-6-20(28)7-5-19/h4-9,15-16H,10-14,17H2,1-3H3,(H,32,33). The minimum atomic E-state index is -0.862. The monoisotopic (exact) mass is 479 g/mol. The minimum Gasteiger partial charge on any atom is -0.487 e. The van der Waals surface area contributed by atoms with Crippen LogP contribution in [-0.4, -0.2) is 34.1 Å². The Balaban J connectivity index is 1.62. The van der Waals surface area contributed by atoms with Gasteiger partial charge < -0.3 is 14.7 Å². The van der Waals surface area contributed by atoms with E-state index in [1.807, 2.05) is 49.5 Å². The maximum Gasteiger partial charge on any atom is 0.307 e. The molecule has 1 aliphatic rings. The predicted octanol–water partition coefficient (Wildman–Crippen LogP) is 5.94. The van der Waals surface area contributed by atoms with Gasteiger partial charge >= 0.3 is 5.97 Å². The van der Waals surface area contributed by atoms with E-state index in [0.717, 1.165) is 59.7 Å². The highest BCUT2D eigenvalue weighted by Crippen LogP contribution is 2.39. The van der Waals surface area contributed by atoms with Crippen molar-refractivity contribution >= 4 is 23.3 Å². The molecular formula is C27H30ClN3O3. The highest BCUT2D eigenvalue weighted by Gasteiger charge is 2.29. The van der Waals surface area contributed by atoms with Crippen molar-refractivity contribution in [2.45, 2.75) is 46.6 Å². The normalized spacial score (nSPS) is 15.2. The lowest BCUT2D eigenvalue weighted by atomic mass is 9.82. The lowest BCUT2D eigenvalue weighted by Crippen LogP contribution is -2.38. The lowest BCUT2D eigenvalue weighted by molar-refractivity contribution is -0.136. The molecule has 1 aromatic carbocycles. The first-order chi connectivity index (χ1) is 16.2. The molecule has 0 atom stereocenters. The van der Waals surface area contributed by atoms with Gasteiger partial charge in [-0.1, -0.05) is 37.6 Å². The summed E-state index contributed by atoms with van der Waals surface area (Å²) in [6.07, 6.45) is 5.54. The van der Waals surface area contributed by atoms with Gasteiger partial charge in [0.25, 0.3) is 0 Å². The summed E-state index contributed by atoms with van der Waals surface area (Å²) in [6, 6.07) is 11.3. The van der Waals surface area contributed by atoms with Crippen molar-refractivity contribution in [1.82, 2.24) is 9.97 Å². The van der Waals surface area contributed by atoms with E-state index < -0.39 is 5.97 Å². The van der Waals surface area contributed by atoms with Gasteiger partial charge in [-0.25, -0.2) is 0 Å². The summed E-state index contributed by atoms with van der Waals surface area (Å²) in [7, 11) is 0. The van der Waals surface area contributed by atoms with Crippen LogP contribution in [0, 0.1) is 12.3 Å². The number of anilines is 1. The molecule has 0 spiro atoms. The Bertz CT molecular complexity index is 1150. The molecule has 3 heterocycles. The Kier molecular flexibility index (Phi) is 7.08. The summed E-state index contributed by atoms with van der Waals surface area (Å²) in [5.74, 6) is -0.203. The molecule has 0 unspecified atom stereocenters. The van der Waals surface area contributed by atoms with Crippen molar-refractivity contribution in [3.63, 3.8) is 0 Å². The Morgan fingerprint density at radius 2 is 1.79 bits per heavy atom. The van der Waals surface area contributed by atoms with Crippen molar-refractivity contribution < 1.29 is 14.6 Å². The molecule has 7 heteroatoms. The van der Waals surface area contributed by atoms with Crippen LogP contribution < -0.4 is 9.64 Å². The third-order valence-electron chi connectivity index (χ3n) is 6.46. The van der Waals surface area contributed by atoms with Gasteiger partial charge in [0, 0.05) is 41.1 Å². The maximum atomic E-state index is 11.7. The number of halogens is 1. The molecule has 178 valence electrons. The number of aryl methyl sites for hydroxylation is 1. The molecule has 4 rings (SSSR count). The highest BCUT2D eigenvalue weighted by molar-refractivity contribution is 6.30. The zero-order chi connectivity index (χ0) is 24.3. The smallest absolute Gasteiger partial charge is 0.307 e. The largest absolute Gasteiger partial charge is 0.487 e. The molecular weight excluding hydrogens is 450 g/mol. The van der Waals surface area contributed by atoms with Crippen LogP contribution >= 0.6 is 11.6 Å². The maximum absolute atomic E-state index is 11.7. The fourth-order valence-corrected chi connectivity index (χ4v) is 4.38. The van der Waals surface area contributed by atoms with E-state index in [-0.39, 0.29) is 11.8 Å². The SMILES string of the molecule is Cc1ncc(-c2ccc(OCc3ccc(Cl)cc3)cn2)c(N2CCC(C)(C)CC2)c1CC(=O)O. The number of ether oxygens (including phenoxy) is 1. The molecule has 3 aromatic rings. The molecule has 1 N–H and O–H groups in total. The lowest BCUT2D eigenvalue weighted by Gasteiger charge is -2.40.